The number of sulfonamides is 1. The zero-order valence-corrected chi connectivity index (χ0v) is 12.0. The molecule has 0 saturated heterocycles. The van der Waals surface area contributed by atoms with Crippen LogP contribution in [0.3, 0.4) is 0 Å². The van der Waals surface area contributed by atoms with Crippen LogP contribution in [0.5, 0.6) is 0 Å². The summed E-state index contributed by atoms with van der Waals surface area (Å²) in [5.74, 6) is 0. The van der Waals surface area contributed by atoms with Crippen molar-refractivity contribution in [2.45, 2.75) is 24.8 Å². The highest BCUT2D eigenvalue weighted by Crippen LogP contribution is 2.17. The van der Waals surface area contributed by atoms with Crippen LogP contribution in [0.25, 0.3) is 0 Å². The molecule has 0 atom stereocenters. The van der Waals surface area contributed by atoms with Crippen molar-refractivity contribution in [3.8, 4) is 0 Å². The highest BCUT2D eigenvalue weighted by atomic mass is 32.2. The van der Waals surface area contributed by atoms with Gasteiger partial charge in [-0.2, -0.15) is 5.10 Å². The molecule has 0 fully saturated rings. The third kappa shape index (κ3) is 3.37. The van der Waals surface area contributed by atoms with Gasteiger partial charge in [-0.1, -0.05) is 19.1 Å². The van der Waals surface area contributed by atoms with Crippen molar-refractivity contribution in [2.75, 3.05) is 11.3 Å². The van der Waals surface area contributed by atoms with E-state index in [1.807, 2.05) is 19.1 Å². The minimum absolute atomic E-state index is 0.0767. The minimum Gasteiger partial charge on any atom is -0.394 e. The van der Waals surface area contributed by atoms with E-state index in [1.54, 1.807) is 12.1 Å². The van der Waals surface area contributed by atoms with Crippen molar-refractivity contribution >= 4 is 15.7 Å². The van der Waals surface area contributed by atoms with Crippen LogP contribution in [0, 0.1) is 0 Å². The first-order valence-electron chi connectivity index (χ1n) is 6.30. The van der Waals surface area contributed by atoms with Crippen molar-refractivity contribution in [1.82, 2.24) is 9.78 Å². The van der Waals surface area contributed by atoms with Gasteiger partial charge in [-0.25, -0.2) is 8.42 Å². The summed E-state index contributed by atoms with van der Waals surface area (Å²) >= 11 is 0. The topological polar surface area (TPSA) is 84.2 Å². The Morgan fingerprint density at radius 1 is 1.40 bits per heavy atom. The van der Waals surface area contributed by atoms with E-state index in [-0.39, 0.29) is 18.0 Å². The highest BCUT2D eigenvalue weighted by Gasteiger charge is 2.16. The first-order chi connectivity index (χ1) is 9.55. The molecule has 0 amide bonds. The normalized spacial score (nSPS) is 11.5. The van der Waals surface area contributed by atoms with Gasteiger partial charge in [0.25, 0.3) is 10.0 Å². The summed E-state index contributed by atoms with van der Waals surface area (Å²) in [6, 6.07) is 7.26. The van der Waals surface area contributed by atoms with E-state index < -0.39 is 10.0 Å². The van der Waals surface area contributed by atoms with Gasteiger partial charge in [0, 0.05) is 11.9 Å². The zero-order chi connectivity index (χ0) is 14.6. The average molecular weight is 295 g/mol. The predicted molar refractivity (Wildman–Crippen MR) is 75.9 cm³/mol. The maximum atomic E-state index is 12.2. The van der Waals surface area contributed by atoms with Crippen LogP contribution in [-0.4, -0.2) is 29.9 Å². The van der Waals surface area contributed by atoms with Gasteiger partial charge in [0.2, 0.25) is 0 Å². The summed E-state index contributed by atoms with van der Waals surface area (Å²) in [6.45, 7) is 2.18. The molecule has 0 aliphatic rings. The number of nitrogens with zero attached hydrogens (tertiary/aromatic N) is 2. The van der Waals surface area contributed by atoms with Crippen molar-refractivity contribution in [3.05, 3.63) is 42.2 Å². The second kappa shape index (κ2) is 6.06. The SMILES string of the molecule is CCc1cccc(NS(=O)(=O)c2cnn(CCO)c2)c1. The van der Waals surface area contributed by atoms with E-state index in [4.69, 9.17) is 5.11 Å². The van der Waals surface area contributed by atoms with Crippen LogP contribution >= 0.6 is 0 Å². The molecule has 0 radical (unpaired) electrons. The zero-order valence-electron chi connectivity index (χ0n) is 11.2. The van der Waals surface area contributed by atoms with Crippen LogP contribution < -0.4 is 4.72 Å². The summed E-state index contributed by atoms with van der Waals surface area (Å²) in [5, 5.41) is 12.7. The van der Waals surface area contributed by atoms with E-state index in [0.717, 1.165) is 12.0 Å². The summed E-state index contributed by atoms with van der Waals surface area (Å²) in [6.07, 6.45) is 3.49. The number of hydrogen-bond acceptors (Lipinski definition) is 4. The molecule has 20 heavy (non-hydrogen) atoms. The molecule has 0 spiro atoms. The number of hydrogen-bond donors (Lipinski definition) is 2. The average Bonchev–Trinajstić information content (AvgIpc) is 2.88. The maximum Gasteiger partial charge on any atom is 0.265 e. The Morgan fingerprint density at radius 2 is 2.20 bits per heavy atom. The second-order valence-corrected chi connectivity index (χ2v) is 6.00. The molecule has 7 heteroatoms. The molecule has 1 heterocycles. The monoisotopic (exact) mass is 295 g/mol. The number of nitrogens with one attached hydrogen (secondary N) is 1. The Bertz CT molecular complexity index is 680. The van der Waals surface area contributed by atoms with Gasteiger partial charge in [0.1, 0.15) is 4.90 Å². The number of aliphatic hydroxyl groups excluding tert-OH is 1. The smallest absolute Gasteiger partial charge is 0.265 e. The number of anilines is 1. The van der Waals surface area contributed by atoms with Crippen LogP contribution in [0.4, 0.5) is 5.69 Å². The molecule has 2 rings (SSSR count). The molecule has 108 valence electrons. The quantitative estimate of drug-likeness (QED) is 0.839. The maximum absolute atomic E-state index is 12.2. The third-order valence-electron chi connectivity index (χ3n) is 2.84. The van der Waals surface area contributed by atoms with Gasteiger partial charge in [0.05, 0.1) is 19.3 Å². The van der Waals surface area contributed by atoms with Gasteiger partial charge >= 0.3 is 0 Å². The number of aryl methyl sites for hydroxylation is 1. The summed E-state index contributed by atoms with van der Waals surface area (Å²) in [4.78, 5) is 0.0767. The summed E-state index contributed by atoms with van der Waals surface area (Å²) in [5.41, 5.74) is 1.58. The fourth-order valence-electron chi connectivity index (χ4n) is 1.78. The molecule has 1 aromatic carbocycles. The van der Waals surface area contributed by atoms with Crippen LogP contribution in [0.1, 0.15) is 12.5 Å². The van der Waals surface area contributed by atoms with Crippen LogP contribution in [0.2, 0.25) is 0 Å². The number of benzene rings is 1. The lowest BCUT2D eigenvalue weighted by molar-refractivity contribution is 0.269. The minimum atomic E-state index is -3.65. The Labute approximate surface area is 118 Å². The lowest BCUT2D eigenvalue weighted by Gasteiger charge is -2.07. The Balaban J connectivity index is 2.21. The number of aliphatic hydroxyl groups is 1. The Kier molecular flexibility index (Phi) is 4.41. The molecule has 1 aromatic heterocycles. The van der Waals surface area contributed by atoms with E-state index in [2.05, 4.69) is 9.82 Å². The molecular weight excluding hydrogens is 278 g/mol. The van der Waals surface area contributed by atoms with E-state index in [1.165, 1.54) is 17.1 Å². The summed E-state index contributed by atoms with van der Waals surface area (Å²) in [7, 11) is -3.65. The van der Waals surface area contributed by atoms with Gasteiger partial charge in [0.15, 0.2) is 0 Å². The lowest BCUT2D eigenvalue weighted by atomic mass is 10.1. The molecule has 2 N–H and O–H groups in total. The largest absolute Gasteiger partial charge is 0.394 e. The fourth-order valence-corrected chi connectivity index (χ4v) is 2.78. The van der Waals surface area contributed by atoms with Crippen LogP contribution in [-0.2, 0) is 23.0 Å². The Morgan fingerprint density at radius 3 is 2.90 bits per heavy atom. The van der Waals surface area contributed by atoms with E-state index in [0.29, 0.717) is 5.69 Å². The van der Waals surface area contributed by atoms with Gasteiger partial charge in [-0.05, 0) is 24.1 Å². The van der Waals surface area contributed by atoms with Gasteiger partial charge < -0.3 is 5.11 Å². The molecule has 0 bridgehead atoms. The third-order valence-corrected chi connectivity index (χ3v) is 4.17. The summed E-state index contributed by atoms with van der Waals surface area (Å²) < 4.78 is 28.3. The first kappa shape index (κ1) is 14.5. The molecule has 0 saturated carbocycles. The predicted octanol–water partition coefficient (Wildman–Crippen LogP) is 1.24. The van der Waals surface area contributed by atoms with Crippen molar-refractivity contribution in [1.29, 1.82) is 0 Å². The van der Waals surface area contributed by atoms with Gasteiger partial charge in [-0.15, -0.1) is 0 Å². The standard InChI is InChI=1S/C13H17N3O3S/c1-2-11-4-3-5-12(8-11)15-20(18,19)13-9-14-16(10-13)6-7-17/h3-5,8-10,15,17H,2,6-7H2,1H3. The van der Waals surface area contributed by atoms with Crippen molar-refractivity contribution in [3.63, 3.8) is 0 Å². The second-order valence-electron chi connectivity index (χ2n) is 4.32. The first-order valence-corrected chi connectivity index (χ1v) is 7.78. The number of rotatable bonds is 6. The fraction of sp³-hybridized carbons (Fsp3) is 0.308. The van der Waals surface area contributed by atoms with Crippen LogP contribution in [0.15, 0.2) is 41.6 Å². The van der Waals surface area contributed by atoms with Gasteiger partial charge in [-0.3, -0.25) is 9.40 Å². The van der Waals surface area contributed by atoms with Crippen molar-refractivity contribution < 1.29 is 13.5 Å². The molecule has 6 nitrogen and oxygen atoms in total. The molecule has 0 aliphatic carbocycles. The molecule has 0 aliphatic heterocycles. The number of aromatic nitrogens is 2. The van der Waals surface area contributed by atoms with Crippen molar-refractivity contribution in [2.24, 2.45) is 0 Å². The highest BCUT2D eigenvalue weighted by molar-refractivity contribution is 7.92. The van der Waals surface area contributed by atoms with E-state index >= 15 is 0 Å². The molecule has 2 aromatic rings. The lowest BCUT2D eigenvalue weighted by Crippen LogP contribution is -2.12. The Hall–Kier alpha value is -1.86. The molecular formula is C13H17N3O3S. The molecule has 0 unspecified atom stereocenters. The van der Waals surface area contributed by atoms with E-state index in [9.17, 15) is 8.42 Å².